The van der Waals surface area contributed by atoms with Gasteiger partial charge >= 0.3 is 0 Å². The van der Waals surface area contributed by atoms with Gasteiger partial charge in [0.2, 0.25) is 0 Å². The van der Waals surface area contributed by atoms with Gasteiger partial charge < -0.3 is 10.6 Å². The highest BCUT2D eigenvalue weighted by Crippen LogP contribution is 2.20. The van der Waals surface area contributed by atoms with Crippen LogP contribution < -0.4 is 10.6 Å². The molecule has 0 saturated heterocycles. The number of anilines is 2. The molecule has 0 amide bonds. The van der Waals surface area contributed by atoms with Crippen molar-refractivity contribution in [2.75, 3.05) is 17.2 Å². The summed E-state index contributed by atoms with van der Waals surface area (Å²) in [7, 11) is 0. The lowest BCUT2D eigenvalue weighted by Gasteiger charge is -2.12. The van der Waals surface area contributed by atoms with Crippen molar-refractivity contribution in [1.29, 1.82) is 0 Å². The highest BCUT2D eigenvalue weighted by Gasteiger charge is 2.08. The fourth-order valence-corrected chi connectivity index (χ4v) is 2.42. The van der Waals surface area contributed by atoms with Gasteiger partial charge in [0.05, 0.1) is 17.2 Å². The molecule has 0 aliphatic heterocycles. The monoisotopic (exact) mass is 277 g/mol. The van der Waals surface area contributed by atoms with Gasteiger partial charge in [-0.05, 0) is 27.7 Å². The Morgan fingerprint density at radius 2 is 1.74 bits per heavy atom. The van der Waals surface area contributed by atoms with Crippen LogP contribution in [-0.4, -0.2) is 21.5 Å². The van der Waals surface area contributed by atoms with Gasteiger partial charge in [-0.1, -0.05) is 0 Å². The van der Waals surface area contributed by atoms with Gasteiger partial charge in [0.25, 0.3) is 0 Å². The maximum Gasteiger partial charge on any atom is 0.135 e. The van der Waals surface area contributed by atoms with E-state index in [2.05, 4.69) is 37.9 Å². The molecule has 0 aliphatic carbocycles. The summed E-state index contributed by atoms with van der Waals surface area (Å²) in [6, 6.07) is 0. The molecule has 6 heteroatoms. The largest absolute Gasteiger partial charge is 0.370 e. The molecule has 2 heterocycles. The van der Waals surface area contributed by atoms with Crippen LogP contribution in [0.5, 0.6) is 0 Å². The molecule has 2 aromatic heterocycles. The average Bonchev–Trinajstić information content (AvgIpc) is 2.78. The Hall–Kier alpha value is -1.69. The summed E-state index contributed by atoms with van der Waals surface area (Å²) in [5.74, 6) is 2.53. The van der Waals surface area contributed by atoms with Crippen LogP contribution in [0.25, 0.3) is 0 Å². The van der Waals surface area contributed by atoms with Crippen LogP contribution >= 0.6 is 11.3 Å². The normalized spacial score (nSPS) is 10.5. The second-order valence-electron chi connectivity index (χ2n) is 4.33. The molecule has 0 atom stereocenters. The minimum atomic E-state index is 0.688. The van der Waals surface area contributed by atoms with Crippen molar-refractivity contribution in [3.8, 4) is 0 Å². The van der Waals surface area contributed by atoms with Gasteiger partial charge in [-0.3, -0.25) is 0 Å². The Kier molecular flexibility index (Phi) is 4.31. The van der Waals surface area contributed by atoms with Crippen LogP contribution in [0.2, 0.25) is 0 Å². The van der Waals surface area contributed by atoms with Gasteiger partial charge in [0.1, 0.15) is 17.5 Å². The van der Waals surface area contributed by atoms with Crippen molar-refractivity contribution < 1.29 is 0 Å². The topological polar surface area (TPSA) is 62.7 Å². The highest BCUT2D eigenvalue weighted by molar-refractivity contribution is 7.09. The Morgan fingerprint density at radius 3 is 2.32 bits per heavy atom. The molecule has 2 N–H and O–H groups in total. The first-order valence-corrected chi connectivity index (χ1v) is 7.22. The summed E-state index contributed by atoms with van der Waals surface area (Å²) in [5.41, 5.74) is 2.09. The first-order chi connectivity index (χ1) is 9.10. The smallest absolute Gasteiger partial charge is 0.135 e. The average molecular weight is 277 g/mol. The minimum absolute atomic E-state index is 0.688. The first-order valence-electron chi connectivity index (χ1n) is 6.34. The summed E-state index contributed by atoms with van der Waals surface area (Å²) >= 11 is 1.66. The number of rotatable bonds is 5. The lowest BCUT2D eigenvalue weighted by molar-refractivity contribution is 0.978. The van der Waals surface area contributed by atoms with Gasteiger partial charge in [-0.15, -0.1) is 11.3 Å². The van der Waals surface area contributed by atoms with Crippen LogP contribution in [0, 0.1) is 20.8 Å². The summed E-state index contributed by atoms with van der Waals surface area (Å²) < 4.78 is 0. The Bertz CT molecular complexity index is 564. The third kappa shape index (κ3) is 3.41. The fourth-order valence-electron chi connectivity index (χ4n) is 1.80. The molecule has 0 unspecified atom stereocenters. The number of nitrogens with one attached hydrogen (secondary N) is 2. The SMILES string of the molecule is CCNc1nc(C)nc(NCc2csc(C)n2)c1C. The standard InChI is InChI=1S/C13H19N5S/c1-5-14-12-8(2)13(17-9(3)16-12)15-6-11-7-19-10(4)18-11/h7H,5-6H2,1-4H3,(H2,14,15,16,17). The van der Waals surface area contributed by atoms with Crippen LogP contribution in [0.15, 0.2) is 5.38 Å². The molecule has 0 radical (unpaired) electrons. The number of nitrogens with zero attached hydrogens (tertiary/aromatic N) is 3. The number of aromatic nitrogens is 3. The zero-order chi connectivity index (χ0) is 13.8. The van der Waals surface area contributed by atoms with Gasteiger partial charge in [0, 0.05) is 17.5 Å². The molecule has 0 bridgehead atoms. The van der Waals surface area contributed by atoms with Crippen molar-refractivity contribution in [2.24, 2.45) is 0 Å². The van der Waals surface area contributed by atoms with Crippen molar-refractivity contribution in [3.05, 3.63) is 27.5 Å². The molecule has 5 nitrogen and oxygen atoms in total. The maximum absolute atomic E-state index is 4.45. The van der Waals surface area contributed by atoms with E-state index in [1.54, 1.807) is 11.3 Å². The van der Waals surface area contributed by atoms with E-state index in [-0.39, 0.29) is 0 Å². The third-order valence-corrected chi connectivity index (χ3v) is 3.53. The molecule has 2 rings (SSSR count). The third-order valence-electron chi connectivity index (χ3n) is 2.71. The number of hydrogen-bond acceptors (Lipinski definition) is 6. The second kappa shape index (κ2) is 5.97. The maximum atomic E-state index is 4.45. The van der Waals surface area contributed by atoms with Crippen LogP contribution in [0.1, 0.15) is 29.0 Å². The molecule has 2 aromatic rings. The number of aryl methyl sites for hydroxylation is 2. The predicted octanol–water partition coefficient (Wildman–Crippen LogP) is 2.90. The molecule has 0 fully saturated rings. The number of hydrogen-bond donors (Lipinski definition) is 2. The molecule has 0 spiro atoms. The molecule has 19 heavy (non-hydrogen) atoms. The summed E-state index contributed by atoms with van der Waals surface area (Å²) in [6.45, 7) is 9.53. The van der Waals surface area contributed by atoms with E-state index in [4.69, 9.17) is 0 Å². The van der Waals surface area contributed by atoms with Crippen molar-refractivity contribution in [1.82, 2.24) is 15.0 Å². The van der Waals surface area contributed by atoms with Gasteiger partial charge in [-0.25, -0.2) is 15.0 Å². The van der Waals surface area contributed by atoms with E-state index in [1.165, 1.54) is 0 Å². The van der Waals surface area contributed by atoms with Gasteiger partial charge in [0.15, 0.2) is 0 Å². The predicted molar refractivity (Wildman–Crippen MR) is 79.8 cm³/mol. The van der Waals surface area contributed by atoms with E-state index in [0.717, 1.165) is 40.3 Å². The zero-order valence-corrected chi connectivity index (χ0v) is 12.6. The lowest BCUT2D eigenvalue weighted by Crippen LogP contribution is -2.10. The van der Waals surface area contributed by atoms with Crippen molar-refractivity contribution in [3.63, 3.8) is 0 Å². The summed E-state index contributed by atoms with van der Waals surface area (Å²) in [5, 5.41) is 9.74. The van der Waals surface area contributed by atoms with Crippen LogP contribution in [-0.2, 0) is 6.54 Å². The van der Waals surface area contributed by atoms with E-state index >= 15 is 0 Å². The molecule has 0 aliphatic rings. The molecule has 102 valence electrons. The quantitative estimate of drug-likeness (QED) is 0.880. The lowest BCUT2D eigenvalue weighted by atomic mass is 10.3. The summed E-state index contributed by atoms with van der Waals surface area (Å²) in [6.07, 6.45) is 0. The van der Waals surface area contributed by atoms with Crippen molar-refractivity contribution in [2.45, 2.75) is 34.2 Å². The van der Waals surface area contributed by atoms with E-state index in [1.807, 2.05) is 20.8 Å². The first kappa shape index (κ1) is 13.7. The molecule has 0 aromatic carbocycles. The minimum Gasteiger partial charge on any atom is -0.370 e. The Balaban J connectivity index is 2.15. The Labute approximate surface area is 117 Å². The van der Waals surface area contributed by atoms with E-state index in [9.17, 15) is 0 Å². The van der Waals surface area contributed by atoms with Crippen LogP contribution in [0.4, 0.5) is 11.6 Å². The van der Waals surface area contributed by atoms with Crippen LogP contribution in [0.3, 0.4) is 0 Å². The fraction of sp³-hybridized carbons (Fsp3) is 0.462. The second-order valence-corrected chi connectivity index (χ2v) is 5.40. The summed E-state index contributed by atoms with van der Waals surface area (Å²) in [4.78, 5) is 13.3. The number of thiazole rings is 1. The molecular formula is C13H19N5S. The highest BCUT2D eigenvalue weighted by atomic mass is 32.1. The Morgan fingerprint density at radius 1 is 1.05 bits per heavy atom. The van der Waals surface area contributed by atoms with E-state index in [0.29, 0.717) is 6.54 Å². The molecule has 0 saturated carbocycles. The zero-order valence-electron chi connectivity index (χ0n) is 11.7. The van der Waals surface area contributed by atoms with Gasteiger partial charge in [-0.2, -0.15) is 0 Å². The molecular weight excluding hydrogens is 258 g/mol. The van der Waals surface area contributed by atoms with Crippen molar-refractivity contribution >= 4 is 23.0 Å². The van der Waals surface area contributed by atoms with E-state index < -0.39 is 0 Å².